The third-order valence-corrected chi connectivity index (χ3v) is 5.70. The fraction of sp³-hybridized carbons (Fsp3) is 0.353. The summed E-state index contributed by atoms with van der Waals surface area (Å²) in [4.78, 5) is 6.70. The minimum Gasteiger partial charge on any atom is -0.616 e. The highest BCUT2D eigenvalue weighted by atomic mass is 32.2. The molecule has 1 fully saturated rings. The lowest BCUT2D eigenvalue weighted by Gasteiger charge is -2.28. The van der Waals surface area contributed by atoms with Crippen molar-refractivity contribution in [1.29, 1.82) is 0 Å². The molecule has 7 heteroatoms. The van der Waals surface area contributed by atoms with E-state index >= 15 is 0 Å². The van der Waals surface area contributed by atoms with Crippen LogP contribution in [-0.2, 0) is 17.7 Å². The lowest BCUT2D eigenvalue weighted by atomic mass is 10.1. The molecule has 4 rings (SSSR count). The van der Waals surface area contributed by atoms with E-state index in [4.69, 9.17) is 5.73 Å². The number of hydrogen-bond acceptors (Lipinski definition) is 6. The lowest BCUT2D eigenvalue weighted by Crippen LogP contribution is -2.42. The van der Waals surface area contributed by atoms with E-state index < -0.39 is 17.5 Å². The SMILES string of the molecule is NC1N=C2C=CC=C(c3ccc(CN4CC[S+]([O-])CC4)cc3)N2N1. The maximum absolute atomic E-state index is 11.4. The average molecular weight is 343 g/mol. The topological polar surface area (TPSA) is 79.9 Å². The second-order valence-corrected chi connectivity index (χ2v) is 7.82. The van der Waals surface area contributed by atoms with E-state index in [1.807, 2.05) is 17.2 Å². The first kappa shape index (κ1) is 15.9. The molecule has 24 heavy (non-hydrogen) atoms. The molecule has 1 unspecified atom stereocenters. The number of fused-ring (bicyclic) bond motifs is 1. The monoisotopic (exact) mass is 343 g/mol. The van der Waals surface area contributed by atoms with Crippen LogP contribution in [0.1, 0.15) is 11.1 Å². The molecule has 0 aromatic heterocycles. The molecular formula is C17H21N5OS. The molecule has 1 aromatic carbocycles. The van der Waals surface area contributed by atoms with Crippen molar-refractivity contribution in [1.82, 2.24) is 15.3 Å². The highest BCUT2D eigenvalue weighted by Crippen LogP contribution is 2.25. The predicted octanol–water partition coefficient (Wildman–Crippen LogP) is 0.623. The molecule has 0 saturated carbocycles. The third-order valence-electron chi connectivity index (χ3n) is 4.43. The maximum Gasteiger partial charge on any atom is 0.170 e. The number of nitrogens with zero attached hydrogens (tertiary/aromatic N) is 3. The van der Waals surface area contributed by atoms with Crippen LogP contribution in [0.3, 0.4) is 0 Å². The standard InChI is InChI=1S/C17H21N5OS/c18-17-19-16-3-1-2-15(22(16)20-17)14-6-4-13(5-7-14)12-21-8-10-24(23)11-9-21/h1-7,17,20H,8-12,18H2. The Labute approximate surface area is 144 Å². The predicted molar refractivity (Wildman–Crippen MR) is 97.1 cm³/mol. The van der Waals surface area contributed by atoms with Crippen molar-refractivity contribution in [3.05, 3.63) is 53.6 Å². The Hall–Kier alpha value is -1.64. The van der Waals surface area contributed by atoms with Crippen LogP contribution in [-0.4, -0.2) is 51.2 Å². The van der Waals surface area contributed by atoms with Crippen molar-refractivity contribution in [3.8, 4) is 0 Å². The largest absolute Gasteiger partial charge is 0.616 e. The van der Waals surface area contributed by atoms with Gasteiger partial charge in [-0.3, -0.25) is 15.6 Å². The van der Waals surface area contributed by atoms with Crippen molar-refractivity contribution in [2.75, 3.05) is 24.6 Å². The average Bonchev–Trinajstić information content (AvgIpc) is 2.98. The quantitative estimate of drug-likeness (QED) is 0.787. The highest BCUT2D eigenvalue weighted by Gasteiger charge is 2.26. The first-order valence-electron chi connectivity index (χ1n) is 8.14. The zero-order valence-corrected chi connectivity index (χ0v) is 14.2. The van der Waals surface area contributed by atoms with E-state index in [1.54, 1.807) is 0 Å². The summed E-state index contributed by atoms with van der Waals surface area (Å²) in [6.07, 6.45) is 5.60. The van der Waals surface area contributed by atoms with E-state index in [-0.39, 0.29) is 0 Å². The first-order chi connectivity index (χ1) is 11.7. The Kier molecular flexibility index (Phi) is 4.43. The van der Waals surface area contributed by atoms with Gasteiger partial charge in [0.2, 0.25) is 0 Å². The smallest absolute Gasteiger partial charge is 0.170 e. The molecule has 0 spiro atoms. The first-order valence-corrected chi connectivity index (χ1v) is 9.62. The fourth-order valence-corrected chi connectivity index (χ4v) is 4.26. The van der Waals surface area contributed by atoms with Crippen LogP contribution >= 0.6 is 0 Å². The molecule has 6 nitrogen and oxygen atoms in total. The lowest BCUT2D eigenvalue weighted by molar-refractivity contribution is 0.287. The third kappa shape index (κ3) is 3.26. The number of benzene rings is 1. The van der Waals surface area contributed by atoms with Gasteiger partial charge in [-0.2, -0.15) is 5.43 Å². The van der Waals surface area contributed by atoms with Gasteiger partial charge in [0.15, 0.2) is 6.29 Å². The van der Waals surface area contributed by atoms with Crippen molar-refractivity contribution >= 4 is 22.7 Å². The molecule has 1 aromatic rings. The molecule has 3 aliphatic heterocycles. The number of hydrogen-bond donors (Lipinski definition) is 2. The van der Waals surface area contributed by atoms with Crippen molar-refractivity contribution in [3.63, 3.8) is 0 Å². The summed E-state index contributed by atoms with van der Waals surface area (Å²) in [5.74, 6) is 2.42. The number of aliphatic imine (C=N–C) groups is 1. The molecule has 1 saturated heterocycles. The van der Waals surface area contributed by atoms with Gasteiger partial charge in [0.25, 0.3) is 0 Å². The summed E-state index contributed by atoms with van der Waals surface area (Å²) < 4.78 is 11.4. The zero-order chi connectivity index (χ0) is 16.5. The number of allylic oxidation sites excluding steroid dienone is 2. The van der Waals surface area contributed by atoms with Gasteiger partial charge in [0.1, 0.15) is 17.3 Å². The number of nitrogens with one attached hydrogen (secondary N) is 1. The van der Waals surface area contributed by atoms with Crippen LogP contribution in [0.4, 0.5) is 0 Å². The van der Waals surface area contributed by atoms with Gasteiger partial charge >= 0.3 is 0 Å². The van der Waals surface area contributed by atoms with Gasteiger partial charge in [-0.15, -0.1) is 0 Å². The van der Waals surface area contributed by atoms with Gasteiger partial charge in [-0.05, 0) is 23.3 Å². The number of hydrazine groups is 1. The van der Waals surface area contributed by atoms with Gasteiger partial charge in [0, 0.05) is 19.6 Å². The molecule has 0 amide bonds. The summed E-state index contributed by atoms with van der Waals surface area (Å²) in [5.41, 5.74) is 12.4. The Morgan fingerprint density at radius 1 is 1.25 bits per heavy atom. The molecule has 3 aliphatic rings. The van der Waals surface area contributed by atoms with E-state index in [0.717, 1.165) is 48.2 Å². The van der Waals surface area contributed by atoms with Crippen LogP contribution < -0.4 is 11.2 Å². The minimum absolute atomic E-state index is 0.393. The number of amidine groups is 1. The van der Waals surface area contributed by atoms with Crippen LogP contribution in [0.5, 0.6) is 0 Å². The molecular weight excluding hydrogens is 322 g/mol. The number of rotatable bonds is 3. The summed E-state index contributed by atoms with van der Waals surface area (Å²) in [5, 5.41) is 1.93. The molecule has 3 heterocycles. The molecule has 3 N–H and O–H groups in total. The fourth-order valence-electron chi connectivity index (χ4n) is 3.14. The van der Waals surface area contributed by atoms with E-state index in [9.17, 15) is 4.55 Å². The van der Waals surface area contributed by atoms with Crippen molar-refractivity contribution < 1.29 is 4.55 Å². The van der Waals surface area contributed by atoms with Gasteiger partial charge in [-0.1, -0.05) is 41.5 Å². The van der Waals surface area contributed by atoms with Crippen LogP contribution in [0, 0.1) is 0 Å². The van der Waals surface area contributed by atoms with E-state index in [0.29, 0.717) is 0 Å². The Morgan fingerprint density at radius 3 is 2.75 bits per heavy atom. The molecule has 0 radical (unpaired) electrons. The summed E-state index contributed by atoms with van der Waals surface area (Å²) >= 11 is -0.621. The van der Waals surface area contributed by atoms with Gasteiger partial charge in [-0.25, -0.2) is 4.99 Å². The molecule has 0 bridgehead atoms. The normalized spacial score (nSPS) is 24.8. The second-order valence-electron chi connectivity index (χ2n) is 6.13. The Balaban J connectivity index is 1.45. The van der Waals surface area contributed by atoms with E-state index in [2.05, 4.69) is 45.7 Å². The van der Waals surface area contributed by atoms with Gasteiger partial charge in [0.05, 0.1) is 5.70 Å². The second kappa shape index (κ2) is 6.70. The summed E-state index contributed by atoms with van der Waals surface area (Å²) in [6, 6.07) is 8.58. The van der Waals surface area contributed by atoms with Crippen LogP contribution in [0.15, 0.2) is 47.5 Å². The molecule has 1 atom stereocenters. The minimum atomic E-state index is -0.621. The van der Waals surface area contributed by atoms with Crippen molar-refractivity contribution in [2.24, 2.45) is 10.7 Å². The Bertz CT molecular complexity index is 691. The van der Waals surface area contributed by atoms with Crippen LogP contribution in [0.25, 0.3) is 5.70 Å². The van der Waals surface area contributed by atoms with E-state index in [1.165, 1.54) is 5.56 Å². The zero-order valence-electron chi connectivity index (χ0n) is 13.4. The maximum atomic E-state index is 11.4. The molecule has 126 valence electrons. The van der Waals surface area contributed by atoms with Crippen molar-refractivity contribution in [2.45, 2.75) is 12.8 Å². The highest BCUT2D eigenvalue weighted by molar-refractivity contribution is 7.91. The number of nitrogens with two attached hydrogens (primary N) is 1. The Morgan fingerprint density at radius 2 is 2.00 bits per heavy atom. The van der Waals surface area contributed by atoms with Crippen LogP contribution in [0.2, 0.25) is 0 Å². The molecule has 0 aliphatic carbocycles. The van der Waals surface area contributed by atoms with Gasteiger partial charge < -0.3 is 4.55 Å². The summed E-state index contributed by atoms with van der Waals surface area (Å²) in [7, 11) is 0. The summed E-state index contributed by atoms with van der Waals surface area (Å²) in [6.45, 7) is 2.75.